The van der Waals surface area contributed by atoms with E-state index in [4.69, 9.17) is 0 Å². The fourth-order valence-corrected chi connectivity index (χ4v) is 4.08. The summed E-state index contributed by atoms with van der Waals surface area (Å²) in [6.45, 7) is 4.30. The highest BCUT2D eigenvalue weighted by Gasteiger charge is 2.25. The molecule has 160 valence electrons. The number of rotatable bonds is 6. The van der Waals surface area contributed by atoms with Crippen LogP contribution in [-0.2, 0) is 4.79 Å². The fourth-order valence-electron chi connectivity index (χ4n) is 4.08. The van der Waals surface area contributed by atoms with Crippen molar-refractivity contribution in [3.8, 4) is 0 Å². The summed E-state index contributed by atoms with van der Waals surface area (Å²) in [5, 5.41) is 0. The number of piperazine rings is 1. The summed E-state index contributed by atoms with van der Waals surface area (Å²) in [5.41, 5.74) is 2.54. The molecule has 0 radical (unpaired) electrons. The third-order valence-electron chi connectivity index (χ3n) is 5.86. The van der Waals surface area contributed by atoms with Crippen LogP contribution in [-0.4, -0.2) is 47.3 Å². The predicted molar refractivity (Wildman–Crippen MR) is 119 cm³/mol. The van der Waals surface area contributed by atoms with E-state index >= 15 is 0 Å². The van der Waals surface area contributed by atoms with Crippen LogP contribution in [0.1, 0.15) is 35.3 Å². The lowest BCUT2D eigenvalue weighted by molar-refractivity contribution is -0.132. The van der Waals surface area contributed by atoms with Crippen LogP contribution in [0.5, 0.6) is 0 Å². The molecule has 31 heavy (non-hydrogen) atoms. The summed E-state index contributed by atoms with van der Waals surface area (Å²) >= 11 is 0. The first-order valence-corrected chi connectivity index (χ1v) is 10.5. The monoisotopic (exact) mass is 419 g/mol. The molecule has 5 nitrogen and oxygen atoms in total. The molecule has 1 atom stereocenters. The molecule has 1 saturated heterocycles. The lowest BCUT2D eigenvalue weighted by Gasteiger charge is -2.37. The van der Waals surface area contributed by atoms with Gasteiger partial charge in [-0.05, 0) is 61.0 Å². The number of aromatic nitrogens is 1. The minimum Gasteiger partial charge on any atom is -0.368 e. The molecular weight excluding hydrogens is 393 g/mol. The Morgan fingerprint density at radius 3 is 2.23 bits per heavy atom. The molecule has 2 heterocycles. The van der Waals surface area contributed by atoms with Crippen molar-refractivity contribution in [2.75, 3.05) is 31.1 Å². The summed E-state index contributed by atoms with van der Waals surface area (Å²) in [6, 6.07) is 17.6. The van der Waals surface area contributed by atoms with Crippen molar-refractivity contribution in [1.82, 2.24) is 9.47 Å². The minimum atomic E-state index is -0.300. The second kappa shape index (κ2) is 9.16. The highest BCUT2D eigenvalue weighted by atomic mass is 19.1. The molecule has 2 aromatic carbocycles. The highest BCUT2D eigenvalue weighted by Crippen LogP contribution is 2.25. The maximum atomic E-state index is 13.8. The SMILES string of the molecule is CC(=O)c1ccc(N2CCN(C(=O)C[C@@H](c3cccc(F)c3)n3cccc3)CC2)cc1. The third-order valence-corrected chi connectivity index (χ3v) is 5.86. The van der Waals surface area contributed by atoms with E-state index in [2.05, 4.69) is 4.90 Å². The van der Waals surface area contributed by atoms with E-state index in [0.717, 1.165) is 24.3 Å². The summed E-state index contributed by atoms with van der Waals surface area (Å²) in [7, 11) is 0. The molecule has 0 saturated carbocycles. The van der Waals surface area contributed by atoms with Crippen LogP contribution < -0.4 is 4.90 Å². The van der Waals surface area contributed by atoms with E-state index in [0.29, 0.717) is 18.7 Å². The maximum Gasteiger partial charge on any atom is 0.225 e. The lowest BCUT2D eigenvalue weighted by atomic mass is 10.0. The standard InChI is InChI=1S/C25H26FN3O2/c1-19(30)20-7-9-23(10-8-20)27-13-15-29(16-14-27)25(31)18-24(28-11-2-3-12-28)21-5-4-6-22(26)17-21/h2-12,17,24H,13-16,18H2,1H3/t24-/m0/s1. The average molecular weight is 420 g/mol. The van der Waals surface area contributed by atoms with Gasteiger partial charge in [-0.2, -0.15) is 0 Å². The first-order valence-electron chi connectivity index (χ1n) is 10.5. The molecule has 4 rings (SSSR count). The molecule has 1 aromatic heterocycles. The van der Waals surface area contributed by atoms with Gasteiger partial charge in [0.1, 0.15) is 5.82 Å². The van der Waals surface area contributed by atoms with Gasteiger partial charge in [-0.25, -0.2) is 4.39 Å². The normalized spacial score (nSPS) is 15.0. The van der Waals surface area contributed by atoms with Crippen LogP contribution in [0.15, 0.2) is 73.1 Å². The van der Waals surface area contributed by atoms with Crippen molar-refractivity contribution in [2.45, 2.75) is 19.4 Å². The number of hydrogen-bond acceptors (Lipinski definition) is 3. The van der Waals surface area contributed by atoms with Crippen molar-refractivity contribution >= 4 is 17.4 Å². The molecule has 0 unspecified atom stereocenters. The Hall–Kier alpha value is -3.41. The maximum absolute atomic E-state index is 13.8. The van der Waals surface area contributed by atoms with E-state index < -0.39 is 0 Å². The van der Waals surface area contributed by atoms with E-state index in [1.54, 1.807) is 13.0 Å². The highest BCUT2D eigenvalue weighted by molar-refractivity contribution is 5.94. The van der Waals surface area contributed by atoms with Gasteiger partial charge in [-0.3, -0.25) is 9.59 Å². The van der Waals surface area contributed by atoms with Crippen molar-refractivity contribution < 1.29 is 14.0 Å². The van der Waals surface area contributed by atoms with Crippen molar-refractivity contribution in [3.63, 3.8) is 0 Å². The number of anilines is 1. The molecule has 3 aromatic rings. The Morgan fingerprint density at radius 2 is 1.61 bits per heavy atom. The molecule has 0 bridgehead atoms. The van der Waals surface area contributed by atoms with E-state index in [9.17, 15) is 14.0 Å². The Morgan fingerprint density at radius 1 is 0.935 bits per heavy atom. The Bertz CT molecular complexity index is 1040. The molecule has 0 spiro atoms. The number of nitrogens with zero attached hydrogens (tertiary/aromatic N) is 3. The Balaban J connectivity index is 1.41. The molecule has 1 fully saturated rings. The topological polar surface area (TPSA) is 45.6 Å². The summed E-state index contributed by atoms with van der Waals surface area (Å²) in [4.78, 5) is 28.7. The lowest BCUT2D eigenvalue weighted by Crippen LogP contribution is -2.49. The van der Waals surface area contributed by atoms with Gasteiger partial charge in [-0.1, -0.05) is 12.1 Å². The second-order valence-corrected chi connectivity index (χ2v) is 7.88. The van der Waals surface area contributed by atoms with Gasteiger partial charge in [-0.15, -0.1) is 0 Å². The van der Waals surface area contributed by atoms with Gasteiger partial charge in [0, 0.05) is 49.8 Å². The van der Waals surface area contributed by atoms with Gasteiger partial charge < -0.3 is 14.4 Å². The van der Waals surface area contributed by atoms with Crippen LogP contribution in [0.4, 0.5) is 10.1 Å². The summed E-state index contributed by atoms with van der Waals surface area (Å²) in [5.74, 6) is -0.182. The van der Waals surface area contributed by atoms with Crippen LogP contribution in [0.2, 0.25) is 0 Å². The second-order valence-electron chi connectivity index (χ2n) is 7.88. The summed E-state index contributed by atoms with van der Waals surface area (Å²) < 4.78 is 15.8. The van der Waals surface area contributed by atoms with Gasteiger partial charge in [0.25, 0.3) is 0 Å². The van der Waals surface area contributed by atoms with Gasteiger partial charge >= 0.3 is 0 Å². The Labute approximate surface area is 181 Å². The number of Topliss-reactive ketones (excluding diaryl/α,β-unsaturated/α-hetero) is 1. The molecule has 0 N–H and O–H groups in total. The zero-order valence-electron chi connectivity index (χ0n) is 17.6. The molecule has 6 heteroatoms. The Kier molecular flexibility index (Phi) is 6.16. The predicted octanol–water partition coefficient (Wildman–Crippen LogP) is 4.16. The number of hydrogen-bond donors (Lipinski definition) is 0. The zero-order valence-corrected chi connectivity index (χ0v) is 17.6. The molecule has 1 aliphatic heterocycles. The number of carbonyl (C=O) groups is 2. The number of amides is 1. The van der Waals surface area contributed by atoms with E-state index in [1.165, 1.54) is 12.1 Å². The quantitative estimate of drug-likeness (QED) is 0.564. The molecular formula is C25H26FN3O2. The number of halogens is 1. The largest absolute Gasteiger partial charge is 0.368 e. The van der Waals surface area contributed by atoms with Gasteiger partial charge in [0.2, 0.25) is 5.91 Å². The van der Waals surface area contributed by atoms with Crippen LogP contribution in [0.3, 0.4) is 0 Å². The fraction of sp³-hybridized carbons (Fsp3) is 0.280. The molecule has 1 aliphatic rings. The average Bonchev–Trinajstić information content (AvgIpc) is 3.32. The van der Waals surface area contributed by atoms with Crippen LogP contribution in [0, 0.1) is 5.82 Å². The van der Waals surface area contributed by atoms with Gasteiger partial charge in [0.05, 0.1) is 12.5 Å². The molecule has 0 aliphatic carbocycles. The first kappa shape index (κ1) is 20.8. The zero-order chi connectivity index (χ0) is 21.8. The van der Waals surface area contributed by atoms with E-state index in [-0.39, 0.29) is 30.0 Å². The van der Waals surface area contributed by atoms with Crippen molar-refractivity contribution in [2.24, 2.45) is 0 Å². The number of ketones is 1. The number of carbonyl (C=O) groups excluding carboxylic acids is 2. The molecule has 1 amide bonds. The van der Waals surface area contributed by atoms with E-state index in [1.807, 2.05) is 64.3 Å². The third kappa shape index (κ3) is 4.85. The number of benzene rings is 2. The minimum absolute atomic E-state index is 0.0532. The van der Waals surface area contributed by atoms with Crippen molar-refractivity contribution in [3.05, 3.63) is 90.0 Å². The van der Waals surface area contributed by atoms with Crippen molar-refractivity contribution in [1.29, 1.82) is 0 Å². The smallest absolute Gasteiger partial charge is 0.225 e. The van der Waals surface area contributed by atoms with Gasteiger partial charge in [0.15, 0.2) is 5.78 Å². The van der Waals surface area contributed by atoms with Crippen LogP contribution >= 0.6 is 0 Å². The summed E-state index contributed by atoms with van der Waals surface area (Å²) in [6.07, 6.45) is 4.10. The van der Waals surface area contributed by atoms with Crippen LogP contribution in [0.25, 0.3) is 0 Å². The first-order chi connectivity index (χ1) is 15.0.